The minimum Gasteiger partial charge on any atom is -0.355 e. The first-order valence-corrected chi connectivity index (χ1v) is 17.1. The van der Waals surface area contributed by atoms with Crippen LogP contribution >= 0.6 is 0 Å². The normalized spacial score (nSPS) is 12.7. The molecule has 9 aromatic rings. The summed E-state index contributed by atoms with van der Waals surface area (Å²) >= 11 is 0. The van der Waals surface area contributed by atoms with Gasteiger partial charge in [-0.15, -0.1) is 0 Å². The predicted molar refractivity (Wildman–Crippen MR) is 208 cm³/mol. The maximum Gasteiger partial charge on any atom is 0.0616 e. The Balaban J connectivity index is 1.11. The van der Waals surface area contributed by atoms with Crippen molar-refractivity contribution in [3.63, 3.8) is 0 Å². The molecule has 10 rings (SSSR count). The summed E-state index contributed by atoms with van der Waals surface area (Å²) in [5.41, 5.74) is 13.4. The third kappa shape index (κ3) is 4.43. The third-order valence-electron chi connectivity index (χ3n) is 10.1. The summed E-state index contributed by atoms with van der Waals surface area (Å²) in [6.45, 7) is 0. The van der Waals surface area contributed by atoms with Crippen molar-refractivity contribution in [1.29, 1.82) is 0 Å². The molecule has 7 aromatic carbocycles. The Kier molecular flexibility index (Phi) is 6.31. The van der Waals surface area contributed by atoms with Gasteiger partial charge in [0.15, 0.2) is 0 Å². The first kappa shape index (κ1) is 27.8. The van der Waals surface area contributed by atoms with Crippen LogP contribution in [0.5, 0.6) is 0 Å². The van der Waals surface area contributed by atoms with E-state index in [4.69, 9.17) is 0 Å². The Morgan fingerprint density at radius 3 is 2.18 bits per heavy atom. The van der Waals surface area contributed by atoms with Crippen LogP contribution in [0, 0.1) is 0 Å². The molecule has 3 heteroatoms. The highest BCUT2D eigenvalue weighted by Gasteiger charge is 2.22. The molecule has 0 aliphatic heterocycles. The molecule has 49 heavy (non-hydrogen) atoms. The molecular formula is C46H33N3. The van der Waals surface area contributed by atoms with Crippen LogP contribution in [0.25, 0.3) is 72.1 Å². The van der Waals surface area contributed by atoms with Crippen molar-refractivity contribution in [3.8, 4) is 22.5 Å². The van der Waals surface area contributed by atoms with Gasteiger partial charge in [0.2, 0.25) is 0 Å². The van der Waals surface area contributed by atoms with E-state index in [0.29, 0.717) is 0 Å². The second-order valence-corrected chi connectivity index (χ2v) is 13.0. The summed E-state index contributed by atoms with van der Waals surface area (Å²) in [6, 6.07) is 57.1. The van der Waals surface area contributed by atoms with E-state index in [-0.39, 0.29) is 0 Å². The number of para-hydroxylation sites is 3. The fourth-order valence-electron chi connectivity index (χ4n) is 8.01. The van der Waals surface area contributed by atoms with Crippen LogP contribution in [0.15, 0.2) is 164 Å². The number of hydrogen-bond donors (Lipinski definition) is 1. The third-order valence-corrected chi connectivity index (χ3v) is 10.1. The summed E-state index contributed by atoms with van der Waals surface area (Å²) in [6.07, 6.45) is 6.77. The molecule has 1 N–H and O–H groups in total. The molecule has 0 amide bonds. The molecule has 1 aliphatic carbocycles. The molecule has 0 saturated heterocycles. The fourth-order valence-corrected chi connectivity index (χ4v) is 8.01. The van der Waals surface area contributed by atoms with Crippen molar-refractivity contribution < 1.29 is 0 Å². The average Bonchev–Trinajstić information content (AvgIpc) is 3.68. The van der Waals surface area contributed by atoms with Gasteiger partial charge in [-0.25, -0.2) is 0 Å². The van der Waals surface area contributed by atoms with Gasteiger partial charge < -0.3 is 14.5 Å². The second kappa shape index (κ2) is 11.1. The largest absolute Gasteiger partial charge is 0.355 e. The van der Waals surface area contributed by atoms with E-state index >= 15 is 0 Å². The number of aryl methyl sites for hydroxylation is 1. The zero-order valence-electron chi connectivity index (χ0n) is 27.0. The predicted octanol–water partition coefficient (Wildman–Crippen LogP) is 12.3. The van der Waals surface area contributed by atoms with Crippen LogP contribution in [-0.2, 0) is 6.42 Å². The van der Waals surface area contributed by atoms with Crippen LogP contribution in [0.3, 0.4) is 0 Å². The summed E-state index contributed by atoms with van der Waals surface area (Å²) in [7, 11) is 0. The van der Waals surface area contributed by atoms with Crippen LogP contribution < -0.4 is 5.32 Å². The summed E-state index contributed by atoms with van der Waals surface area (Å²) in [4.78, 5) is 0. The SMILES string of the molecule is C1=Cc2c(c3cccc(-c4cccc(Nc5ccc6c(c5)c5ccccc5n6-c5ccccc5)c4)c3n2-c2cccc3ccccc23)CC1. The number of hydrogen-bond acceptors (Lipinski definition) is 1. The number of anilines is 2. The molecule has 2 aromatic heterocycles. The quantitative estimate of drug-likeness (QED) is 0.201. The van der Waals surface area contributed by atoms with Gasteiger partial charge in [-0.2, -0.15) is 0 Å². The van der Waals surface area contributed by atoms with E-state index in [1.54, 1.807) is 0 Å². The number of aromatic nitrogens is 2. The van der Waals surface area contributed by atoms with E-state index < -0.39 is 0 Å². The second-order valence-electron chi connectivity index (χ2n) is 13.0. The van der Waals surface area contributed by atoms with E-state index in [1.807, 2.05) is 0 Å². The van der Waals surface area contributed by atoms with Gasteiger partial charge in [0.1, 0.15) is 0 Å². The molecule has 2 heterocycles. The van der Waals surface area contributed by atoms with Crippen LogP contribution in [0.2, 0.25) is 0 Å². The molecule has 1 aliphatic rings. The Hall–Kier alpha value is -6.32. The van der Waals surface area contributed by atoms with Gasteiger partial charge in [-0.3, -0.25) is 0 Å². The molecule has 0 saturated carbocycles. The van der Waals surface area contributed by atoms with Crippen molar-refractivity contribution in [2.24, 2.45) is 0 Å². The minimum absolute atomic E-state index is 1.05. The molecule has 0 atom stereocenters. The summed E-state index contributed by atoms with van der Waals surface area (Å²) in [5, 5.41) is 10.1. The molecule has 0 bridgehead atoms. The minimum atomic E-state index is 1.05. The van der Waals surface area contributed by atoms with Gasteiger partial charge in [-0.1, -0.05) is 109 Å². The Morgan fingerprint density at radius 1 is 0.510 bits per heavy atom. The lowest BCUT2D eigenvalue weighted by Crippen LogP contribution is -2.01. The first-order chi connectivity index (χ1) is 24.3. The summed E-state index contributed by atoms with van der Waals surface area (Å²) in [5.74, 6) is 0. The summed E-state index contributed by atoms with van der Waals surface area (Å²) < 4.78 is 4.87. The highest BCUT2D eigenvalue weighted by molar-refractivity contribution is 6.10. The van der Waals surface area contributed by atoms with Crippen LogP contribution in [0.4, 0.5) is 11.4 Å². The van der Waals surface area contributed by atoms with Crippen molar-refractivity contribution in [1.82, 2.24) is 9.13 Å². The van der Waals surface area contributed by atoms with E-state index in [2.05, 4.69) is 184 Å². The molecule has 0 spiro atoms. The van der Waals surface area contributed by atoms with Gasteiger partial charge >= 0.3 is 0 Å². The number of rotatable bonds is 5. The Bertz CT molecular complexity index is 2740. The van der Waals surface area contributed by atoms with Gasteiger partial charge in [-0.05, 0) is 90.0 Å². The lowest BCUT2D eigenvalue weighted by Gasteiger charge is -2.16. The average molecular weight is 628 g/mol. The van der Waals surface area contributed by atoms with E-state index in [0.717, 1.165) is 24.2 Å². The maximum absolute atomic E-state index is 3.76. The fraction of sp³-hybridized carbons (Fsp3) is 0.0435. The number of fused-ring (bicyclic) bond motifs is 7. The topological polar surface area (TPSA) is 21.9 Å². The standard InChI is InChI=1S/C46H33N3/c1-2-17-35(18-3-1)48-43-24-8-7-21-39(43)41-30-34(27-28-45(41)48)47-33-16-10-15-32(29-33)37-22-12-23-40-38-20-6-9-25-44(38)49(46(37)40)42-26-11-14-31-13-4-5-19-36(31)42/h1-5,7-19,21-30,47H,6,20H2. The lowest BCUT2D eigenvalue weighted by molar-refractivity contribution is 0.970. The number of nitrogens with one attached hydrogen (secondary N) is 1. The van der Waals surface area contributed by atoms with Gasteiger partial charge in [0.05, 0.1) is 22.2 Å². The van der Waals surface area contributed by atoms with Crippen LogP contribution in [-0.4, -0.2) is 9.13 Å². The van der Waals surface area contributed by atoms with Crippen LogP contribution in [0.1, 0.15) is 17.7 Å². The number of allylic oxidation sites excluding steroid dienone is 1. The molecule has 0 unspecified atom stereocenters. The van der Waals surface area contributed by atoms with Crippen molar-refractivity contribution in [2.75, 3.05) is 5.32 Å². The lowest BCUT2D eigenvalue weighted by atomic mass is 9.98. The van der Waals surface area contributed by atoms with Crippen molar-refractivity contribution in [2.45, 2.75) is 12.8 Å². The zero-order chi connectivity index (χ0) is 32.3. The zero-order valence-corrected chi connectivity index (χ0v) is 27.0. The van der Waals surface area contributed by atoms with Gasteiger partial charge in [0.25, 0.3) is 0 Å². The van der Waals surface area contributed by atoms with Gasteiger partial charge in [0, 0.05) is 49.9 Å². The van der Waals surface area contributed by atoms with Crippen molar-refractivity contribution >= 4 is 60.9 Å². The van der Waals surface area contributed by atoms with E-state index in [9.17, 15) is 0 Å². The highest BCUT2D eigenvalue weighted by atomic mass is 15.0. The number of nitrogens with zero attached hydrogens (tertiary/aromatic N) is 2. The molecule has 232 valence electrons. The van der Waals surface area contributed by atoms with E-state index in [1.165, 1.54) is 77.2 Å². The molecule has 0 radical (unpaired) electrons. The Morgan fingerprint density at radius 2 is 1.24 bits per heavy atom. The maximum atomic E-state index is 3.76. The molecule has 0 fully saturated rings. The number of benzene rings is 7. The monoisotopic (exact) mass is 627 g/mol. The molecular weight excluding hydrogens is 595 g/mol. The Labute approximate surface area is 285 Å². The smallest absolute Gasteiger partial charge is 0.0616 e. The highest BCUT2D eigenvalue weighted by Crippen LogP contribution is 2.41. The first-order valence-electron chi connectivity index (χ1n) is 17.1. The van der Waals surface area contributed by atoms with Crippen molar-refractivity contribution in [3.05, 3.63) is 175 Å². The molecule has 3 nitrogen and oxygen atoms in total.